The van der Waals surface area contributed by atoms with Crippen LogP contribution in [0.15, 0.2) is 84.9 Å². The van der Waals surface area contributed by atoms with Gasteiger partial charge >= 0.3 is 0 Å². The first-order valence-corrected chi connectivity index (χ1v) is 9.17. The second-order valence-electron chi connectivity index (χ2n) is 6.21. The van der Waals surface area contributed by atoms with Gasteiger partial charge in [-0.1, -0.05) is 72.8 Å². The summed E-state index contributed by atoms with van der Waals surface area (Å²) in [7, 11) is 0. The molecule has 0 fully saturated rings. The van der Waals surface area contributed by atoms with Crippen LogP contribution in [0, 0.1) is 11.3 Å². The highest BCUT2D eigenvalue weighted by atomic mass is 32.1. The fourth-order valence-electron chi connectivity index (χ4n) is 3.04. The highest BCUT2D eigenvalue weighted by molar-refractivity contribution is 7.80. The Kier molecular flexibility index (Phi) is 4.78. The Balaban J connectivity index is 1.80. The second-order valence-corrected chi connectivity index (χ2v) is 6.73. The highest BCUT2D eigenvalue weighted by Crippen LogP contribution is 2.34. The van der Waals surface area contributed by atoms with Crippen LogP contribution in [-0.4, -0.2) is 9.97 Å². The van der Waals surface area contributed by atoms with Crippen molar-refractivity contribution >= 4 is 12.6 Å². The van der Waals surface area contributed by atoms with E-state index in [4.69, 9.17) is 22.9 Å². The number of H-pyrrole nitrogens is 1. The quantitative estimate of drug-likeness (QED) is 0.459. The molecule has 1 unspecified atom stereocenters. The van der Waals surface area contributed by atoms with Gasteiger partial charge < -0.3 is 4.98 Å². The van der Waals surface area contributed by atoms with Gasteiger partial charge in [-0.05, 0) is 17.7 Å². The van der Waals surface area contributed by atoms with Gasteiger partial charge in [-0.15, -0.1) is 0 Å². The fourth-order valence-corrected chi connectivity index (χ4v) is 3.33. The highest BCUT2D eigenvalue weighted by Gasteiger charge is 2.19. The average Bonchev–Trinajstić information content (AvgIpc) is 3.20. The van der Waals surface area contributed by atoms with Crippen molar-refractivity contribution in [2.24, 2.45) is 0 Å². The number of hydrogen-bond donors (Lipinski definition) is 2. The Hall–Kier alpha value is -3.29. The van der Waals surface area contributed by atoms with E-state index in [-0.39, 0.29) is 5.25 Å². The lowest BCUT2D eigenvalue weighted by Gasteiger charge is -2.08. The number of nitrogens with zero attached hydrogens (tertiary/aromatic N) is 2. The van der Waals surface area contributed by atoms with E-state index in [1.54, 1.807) is 12.1 Å². The number of rotatable bonds is 4. The number of thiol groups is 1. The van der Waals surface area contributed by atoms with Gasteiger partial charge in [-0.3, -0.25) is 0 Å². The zero-order valence-electron chi connectivity index (χ0n) is 14.5. The first-order chi connectivity index (χ1) is 13.3. The predicted octanol–water partition coefficient (Wildman–Crippen LogP) is 5.63. The summed E-state index contributed by atoms with van der Waals surface area (Å²) in [6, 6.07) is 29.9. The van der Waals surface area contributed by atoms with E-state index in [9.17, 15) is 0 Å². The van der Waals surface area contributed by atoms with Gasteiger partial charge in [0.2, 0.25) is 0 Å². The monoisotopic (exact) mass is 367 g/mol. The van der Waals surface area contributed by atoms with E-state index in [0.717, 1.165) is 33.9 Å². The summed E-state index contributed by atoms with van der Waals surface area (Å²) in [5.74, 6) is 0.778. The molecule has 0 amide bonds. The summed E-state index contributed by atoms with van der Waals surface area (Å²) >= 11 is 4.78. The Bertz CT molecular complexity index is 1020. The lowest BCUT2D eigenvalue weighted by atomic mass is 10.1. The third-order valence-electron chi connectivity index (χ3n) is 4.45. The van der Waals surface area contributed by atoms with Gasteiger partial charge in [0.1, 0.15) is 5.82 Å². The molecule has 1 heterocycles. The maximum absolute atomic E-state index is 8.99. The Morgan fingerprint density at radius 3 is 2.00 bits per heavy atom. The van der Waals surface area contributed by atoms with Crippen molar-refractivity contribution in [3.8, 4) is 28.6 Å². The predicted molar refractivity (Wildman–Crippen MR) is 111 cm³/mol. The molecule has 0 aliphatic rings. The zero-order chi connectivity index (χ0) is 18.6. The molecule has 4 heteroatoms. The minimum atomic E-state index is -0.210. The van der Waals surface area contributed by atoms with Crippen molar-refractivity contribution in [3.63, 3.8) is 0 Å². The minimum absolute atomic E-state index is 0.210. The molecule has 0 bridgehead atoms. The van der Waals surface area contributed by atoms with Crippen LogP contribution in [0.1, 0.15) is 22.2 Å². The topological polar surface area (TPSA) is 52.5 Å². The molecule has 1 N–H and O–H groups in total. The molecular formula is C23H17N3S. The molecule has 4 rings (SSSR count). The van der Waals surface area contributed by atoms with E-state index in [0.29, 0.717) is 5.56 Å². The van der Waals surface area contributed by atoms with Gasteiger partial charge in [-0.25, -0.2) is 4.98 Å². The number of nitrogens with one attached hydrogen (secondary N) is 1. The van der Waals surface area contributed by atoms with Crippen molar-refractivity contribution in [2.75, 3.05) is 0 Å². The van der Waals surface area contributed by atoms with Crippen molar-refractivity contribution in [1.82, 2.24) is 9.97 Å². The fraction of sp³-hybridized carbons (Fsp3) is 0.0435. The summed E-state index contributed by atoms with van der Waals surface area (Å²) in [5.41, 5.74) is 5.64. The molecular weight excluding hydrogens is 350 g/mol. The smallest absolute Gasteiger partial charge is 0.124 e. The standard InChI is InChI=1S/C23H17N3S/c24-15-16-11-13-19(14-12-16)22(27)23-25-20(17-7-3-1-4-8-17)21(26-23)18-9-5-2-6-10-18/h1-14,22,27H,(H,25,26). The van der Waals surface area contributed by atoms with E-state index in [1.165, 1.54) is 0 Å². The van der Waals surface area contributed by atoms with Crippen molar-refractivity contribution in [2.45, 2.75) is 5.25 Å². The summed E-state index contributed by atoms with van der Waals surface area (Å²) < 4.78 is 0. The van der Waals surface area contributed by atoms with Gasteiger partial charge in [-0.2, -0.15) is 17.9 Å². The van der Waals surface area contributed by atoms with Crippen LogP contribution < -0.4 is 0 Å². The van der Waals surface area contributed by atoms with Crippen LogP contribution in [0.3, 0.4) is 0 Å². The largest absolute Gasteiger partial charge is 0.340 e. The number of nitriles is 1. The maximum Gasteiger partial charge on any atom is 0.124 e. The number of aromatic amines is 1. The Morgan fingerprint density at radius 2 is 1.41 bits per heavy atom. The van der Waals surface area contributed by atoms with Crippen LogP contribution >= 0.6 is 12.6 Å². The summed E-state index contributed by atoms with van der Waals surface area (Å²) in [4.78, 5) is 8.35. The molecule has 0 aliphatic heterocycles. The Morgan fingerprint density at radius 1 is 0.815 bits per heavy atom. The summed E-state index contributed by atoms with van der Waals surface area (Å²) in [6.07, 6.45) is 0. The number of aromatic nitrogens is 2. The SMILES string of the molecule is N#Cc1ccc(C(S)c2nc(-c3ccccc3)c(-c3ccccc3)[nH]2)cc1. The molecule has 0 aliphatic carbocycles. The zero-order valence-corrected chi connectivity index (χ0v) is 15.4. The van der Waals surface area contributed by atoms with E-state index >= 15 is 0 Å². The van der Waals surface area contributed by atoms with E-state index in [1.807, 2.05) is 48.5 Å². The number of benzene rings is 3. The first-order valence-electron chi connectivity index (χ1n) is 8.65. The van der Waals surface area contributed by atoms with Gasteiger partial charge in [0, 0.05) is 11.1 Å². The molecule has 0 radical (unpaired) electrons. The van der Waals surface area contributed by atoms with Gasteiger partial charge in [0.05, 0.1) is 28.3 Å². The van der Waals surface area contributed by atoms with Crippen LogP contribution in [0.2, 0.25) is 0 Å². The van der Waals surface area contributed by atoms with Crippen molar-refractivity contribution < 1.29 is 0 Å². The lowest BCUT2D eigenvalue weighted by Crippen LogP contribution is -1.96. The Labute approximate surface area is 163 Å². The molecule has 3 nitrogen and oxygen atoms in total. The average molecular weight is 367 g/mol. The van der Waals surface area contributed by atoms with E-state index in [2.05, 4.69) is 35.3 Å². The van der Waals surface area contributed by atoms with Crippen LogP contribution in [-0.2, 0) is 0 Å². The number of imidazole rings is 1. The van der Waals surface area contributed by atoms with Gasteiger partial charge in [0.15, 0.2) is 0 Å². The second kappa shape index (κ2) is 7.53. The molecule has 1 atom stereocenters. The van der Waals surface area contributed by atoms with Crippen LogP contribution in [0.5, 0.6) is 0 Å². The summed E-state index contributed by atoms with van der Waals surface area (Å²) in [5, 5.41) is 8.78. The van der Waals surface area contributed by atoms with Crippen LogP contribution in [0.25, 0.3) is 22.5 Å². The molecule has 0 spiro atoms. The molecule has 130 valence electrons. The number of hydrogen-bond acceptors (Lipinski definition) is 3. The van der Waals surface area contributed by atoms with E-state index < -0.39 is 0 Å². The van der Waals surface area contributed by atoms with Crippen molar-refractivity contribution in [3.05, 3.63) is 102 Å². The molecule has 27 heavy (non-hydrogen) atoms. The normalized spacial score (nSPS) is 11.7. The maximum atomic E-state index is 8.99. The molecule has 0 saturated heterocycles. The lowest BCUT2D eigenvalue weighted by molar-refractivity contribution is 1.01. The molecule has 0 saturated carbocycles. The molecule has 3 aromatic carbocycles. The minimum Gasteiger partial charge on any atom is -0.340 e. The first kappa shape index (κ1) is 17.1. The van der Waals surface area contributed by atoms with Gasteiger partial charge in [0.25, 0.3) is 0 Å². The third-order valence-corrected chi connectivity index (χ3v) is 4.99. The summed E-state index contributed by atoms with van der Waals surface area (Å²) in [6.45, 7) is 0. The molecule has 1 aromatic heterocycles. The van der Waals surface area contributed by atoms with Crippen LogP contribution in [0.4, 0.5) is 0 Å². The third kappa shape index (κ3) is 3.51. The molecule has 4 aromatic rings. The van der Waals surface area contributed by atoms with Crippen molar-refractivity contribution in [1.29, 1.82) is 5.26 Å².